The summed E-state index contributed by atoms with van der Waals surface area (Å²) in [7, 11) is -2.36. The summed E-state index contributed by atoms with van der Waals surface area (Å²) in [6.45, 7) is 3.05. The highest BCUT2D eigenvalue weighted by Crippen LogP contribution is 2.39. The van der Waals surface area contributed by atoms with Gasteiger partial charge >= 0.3 is 5.97 Å². The molecule has 1 saturated heterocycles. The number of pyridine rings is 1. The summed E-state index contributed by atoms with van der Waals surface area (Å²) in [5, 5.41) is 1.10. The van der Waals surface area contributed by atoms with Crippen LogP contribution in [0.3, 0.4) is 0 Å². The molecular weight excluding hydrogens is 464 g/mol. The molecule has 2 aromatic carbocycles. The molecule has 0 amide bonds. The number of hydrogen-bond donors (Lipinski definition) is 0. The molecule has 1 aliphatic heterocycles. The topological polar surface area (TPSA) is 85.8 Å². The zero-order valence-electron chi connectivity index (χ0n) is 18.5. The number of methoxy groups -OCH3 is 1. The molecule has 1 atom stereocenters. The van der Waals surface area contributed by atoms with E-state index in [-0.39, 0.29) is 21.7 Å². The van der Waals surface area contributed by atoms with Gasteiger partial charge < -0.3 is 14.4 Å². The van der Waals surface area contributed by atoms with Crippen LogP contribution in [0.25, 0.3) is 10.9 Å². The quantitative estimate of drug-likeness (QED) is 0.472. The highest BCUT2D eigenvalue weighted by atomic mass is 35.5. The molecule has 1 fully saturated rings. The van der Waals surface area contributed by atoms with Gasteiger partial charge in [0.25, 0.3) is 0 Å². The largest absolute Gasteiger partial charge is 0.497 e. The summed E-state index contributed by atoms with van der Waals surface area (Å²) < 4.78 is 38.0. The van der Waals surface area contributed by atoms with Crippen LogP contribution in [0, 0.1) is 5.92 Å². The van der Waals surface area contributed by atoms with E-state index in [2.05, 4.69) is 4.98 Å². The van der Waals surface area contributed by atoms with Gasteiger partial charge in [-0.1, -0.05) is 11.6 Å². The minimum Gasteiger partial charge on any atom is -0.497 e. The molecule has 0 N–H and O–H groups in total. The lowest BCUT2D eigenvalue weighted by Crippen LogP contribution is -2.40. The van der Waals surface area contributed by atoms with E-state index in [4.69, 9.17) is 21.1 Å². The molecule has 174 valence electrons. The number of carbonyl (C=O) groups is 1. The number of halogens is 1. The van der Waals surface area contributed by atoms with Crippen LogP contribution < -0.4 is 9.64 Å². The summed E-state index contributed by atoms with van der Waals surface area (Å²) in [5.74, 6) is -0.00981. The third-order valence-corrected chi connectivity index (χ3v) is 7.81. The smallest absolute Gasteiger partial charge is 0.310 e. The van der Waals surface area contributed by atoms with E-state index in [1.54, 1.807) is 44.4 Å². The number of esters is 1. The van der Waals surface area contributed by atoms with Gasteiger partial charge in [-0.25, -0.2) is 8.42 Å². The lowest BCUT2D eigenvalue weighted by Gasteiger charge is -2.35. The number of nitrogens with zero attached hydrogens (tertiary/aromatic N) is 2. The molecule has 33 heavy (non-hydrogen) atoms. The number of aromatic nitrogens is 1. The van der Waals surface area contributed by atoms with Crippen LogP contribution in [-0.4, -0.2) is 46.2 Å². The van der Waals surface area contributed by atoms with E-state index in [1.165, 1.54) is 18.3 Å². The molecule has 1 aromatic heterocycles. The number of benzene rings is 2. The number of sulfone groups is 1. The SMILES string of the molecule is CCOC(=O)C1CCCN(c2c(S(=O)(=O)c3ccc(Cl)cc3)cnc3ccc(OC)cc23)C1. The fourth-order valence-corrected chi connectivity index (χ4v) is 5.72. The van der Waals surface area contributed by atoms with E-state index in [0.717, 1.165) is 6.42 Å². The third-order valence-electron chi connectivity index (χ3n) is 5.78. The van der Waals surface area contributed by atoms with Gasteiger partial charge in [0, 0.05) is 29.7 Å². The normalized spacial score (nSPS) is 16.6. The molecule has 2 heterocycles. The number of hydrogen-bond acceptors (Lipinski definition) is 7. The van der Waals surface area contributed by atoms with Crippen molar-refractivity contribution in [3.05, 3.63) is 53.7 Å². The fraction of sp³-hybridized carbons (Fsp3) is 0.333. The zero-order valence-corrected chi connectivity index (χ0v) is 20.0. The predicted octanol–water partition coefficient (Wildman–Crippen LogP) is 4.51. The molecule has 7 nitrogen and oxygen atoms in total. The number of ether oxygens (including phenoxy) is 2. The zero-order chi connectivity index (χ0) is 23.6. The second-order valence-electron chi connectivity index (χ2n) is 7.85. The Hall–Kier alpha value is -2.84. The molecule has 1 aliphatic rings. The number of rotatable bonds is 6. The first-order valence-corrected chi connectivity index (χ1v) is 12.6. The average molecular weight is 489 g/mol. The molecule has 0 aliphatic carbocycles. The van der Waals surface area contributed by atoms with Gasteiger partial charge in [0.1, 0.15) is 10.6 Å². The summed E-state index contributed by atoms with van der Waals surface area (Å²) in [6, 6.07) is 11.4. The summed E-state index contributed by atoms with van der Waals surface area (Å²) in [5.41, 5.74) is 1.15. The van der Waals surface area contributed by atoms with Crippen molar-refractivity contribution in [2.75, 3.05) is 31.7 Å². The van der Waals surface area contributed by atoms with Gasteiger partial charge in [0.2, 0.25) is 9.84 Å². The monoisotopic (exact) mass is 488 g/mol. The molecule has 9 heteroatoms. The van der Waals surface area contributed by atoms with Crippen LogP contribution in [0.4, 0.5) is 5.69 Å². The number of piperidine rings is 1. The number of anilines is 1. The van der Waals surface area contributed by atoms with E-state index in [1.807, 2.05) is 4.90 Å². The molecule has 0 bridgehead atoms. The van der Waals surface area contributed by atoms with Crippen molar-refractivity contribution < 1.29 is 22.7 Å². The Morgan fingerprint density at radius 1 is 1.21 bits per heavy atom. The summed E-state index contributed by atoms with van der Waals surface area (Å²) >= 11 is 5.97. The van der Waals surface area contributed by atoms with Gasteiger partial charge in [0.15, 0.2) is 0 Å². The van der Waals surface area contributed by atoms with Crippen LogP contribution in [0.5, 0.6) is 5.75 Å². The predicted molar refractivity (Wildman–Crippen MR) is 127 cm³/mol. The second-order valence-corrected chi connectivity index (χ2v) is 10.2. The third kappa shape index (κ3) is 4.63. The fourth-order valence-electron chi connectivity index (χ4n) is 4.16. The Morgan fingerprint density at radius 3 is 2.67 bits per heavy atom. The van der Waals surface area contributed by atoms with Crippen LogP contribution in [0.1, 0.15) is 19.8 Å². The van der Waals surface area contributed by atoms with Crippen LogP contribution in [0.15, 0.2) is 58.5 Å². The van der Waals surface area contributed by atoms with Crippen molar-refractivity contribution in [2.24, 2.45) is 5.92 Å². The highest BCUT2D eigenvalue weighted by molar-refractivity contribution is 7.91. The average Bonchev–Trinajstić information content (AvgIpc) is 2.83. The number of fused-ring (bicyclic) bond motifs is 1. The van der Waals surface area contributed by atoms with Crippen LogP contribution >= 0.6 is 11.6 Å². The van der Waals surface area contributed by atoms with Crippen molar-refractivity contribution in [3.63, 3.8) is 0 Å². The van der Waals surface area contributed by atoms with E-state index in [9.17, 15) is 13.2 Å². The highest BCUT2D eigenvalue weighted by Gasteiger charge is 2.32. The molecular formula is C24H25ClN2O5S. The molecule has 4 rings (SSSR count). The molecule has 3 aromatic rings. The Balaban J connectivity index is 1.90. The minimum absolute atomic E-state index is 0.0788. The number of carbonyl (C=O) groups excluding carboxylic acids is 1. The standard InChI is InChI=1S/C24H25ClN2O5S/c1-3-32-24(28)16-5-4-12-27(15-16)23-20-13-18(31-2)8-11-21(20)26-14-22(23)33(29,30)19-9-6-17(25)7-10-19/h6-11,13-14,16H,3-5,12,15H2,1-2H3. The molecule has 0 radical (unpaired) electrons. The maximum Gasteiger partial charge on any atom is 0.310 e. The van der Waals surface area contributed by atoms with Gasteiger partial charge in [-0.05, 0) is 62.2 Å². The Morgan fingerprint density at radius 2 is 1.97 bits per heavy atom. The van der Waals surface area contributed by atoms with Crippen molar-refractivity contribution in [1.82, 2.24) is 4.98 Å². The van der Waals surface area contributed by atoms with Crippen molar-refractivity contribution in [1.29, 1.82) is 0 Å². The first-order valence-electron chi connectivity index (χ1n) is 10.7. The lowest BCUT2D eigenvalue weighted by atomic mass is 9.97. The summed E-state index contributed by atoms with van der Waals surface area (Å²) in [6.07, 6.45) is 2.82. The van der Waals surface area contributed by atoms with Crippen molar-refractivity contribution >= 4 is 44.0 Å². The Kier molecular flexibility index (Phi) is 6.76. The maximum absolute atomic E-state index is 13.7. The van der Waals surface area contributed by atoms with Crippen molar-refractivity contribution in [3.8, 4) is 5.75 Å². The van der Waals surface area contributed by atoms with E-state index in [0.29, 0.717) is 53.5 Å². The van der Waals surface area contributed by atoms with E-state index >= 15 is 0 Å². The first kappa shape index (κ1) is 23.3. The Bertz CT molecular complexity index is 1280. The van der Waals surface area contributed by atoms with Crippen LogP contribution in [-0.2, 0) is 19.4 Å². The second kappa shape index (κ2) is 9.57. The van der Waals surface area contributed by atoms with Gasteiger partial charge in [-0.3, -0.25) is 9.78 Å². The van der Waals surface area contributed by atoms with Gasteiger partial charge in [0.05, 0.1) is 35.7 Å². The lowest BCUT2D eigenvalue weighted by molar-refractivity contribution is -0.148. The summed E-state index contributed by atoms with van der Waals surface area (Å²) in [4.78, 5) is 19.0. The molecule has 1 unspecified atom stereocenters. The maximum atomic E-state index is 13.7. The first-order chi connectivity index (χ1) is 15.8. The molecule has 0 saturated carbocycles. The molecule has 0 spiro atoms. The van der Waals surface area contributed by atoms with Crippen LogP contribution in [0.2, 0.25) is 5.02 Å². The van der Waals surface area contributed by atoms with Gasteiger partial charge in [-0.15, -0.1) is 0 Å². The Labute approximate surface area is 198 Å². The minimum atomic E-state index is -3.91. The van der Waals surface area contributed by atoms with Gasteiger partial charge in [-0.2, -0.15) is 0 Å². The van der Waals surface area contributed by atoms with E-state index < -0.39 is 9.84 Å². The van der Waals surface area contributed by atoms with Crippen molar-refractivity contribution in [2.45, 2.75) is 29.6 Å².